The largest absolute Gasteiger partial charge is 0.271 e. The van der Waals surface area contributed by atoms with Crippen LogP contribution in [0.3, 0.4) is 0 Å². The molecule has 1 fully saturated rings. The number of allylic oxidation sites excluding steroid dienone is 8. The molecule has 0 spiro atoms. The van der Waals surface area contributed by atoms with Crippen LogP contribution in [0.25, 0.3) is 0 Å². The van der Waals surface area contributed by atoms with Gasteiger partial charge in [0.15, 0.2) is 0 Å². The quantitative estimate of drug-likeness (QED) is 0.736. The van der Waals surface area contributed by atoms with Crippen LogP contribution >= 0.6 is 0 Å². The summed E-state index contributed by atoms with van der Waals surface area (Å²) in [5.74, 6) is 0.477. The molecule has 0 aliphatic heterocycles. The van der Waals surface area contributed by atoms with E-state index in [-0.39, 0.29) is 5.91 Å². The summed E-state index contributed by atoms with van der Waals surface area (Å²) in [4.78, 5) is 12.1. The number of hydrogen-bond donors (Lipinski definition) is 1. The lowest BCUT2D eigenvalue weighted by Gasteiger charge is -2.21. The topological polar surface area (TPSA) is 41.5 Å². The van der Waals surface area contributed by atoms with Crippen LogP contribution in [0.2, 0.25) is 0 Å². The fraction of sp³-hybridized carbons (Fsp3) is 0.304. The van der Waals surface area contributed by atoms with Crippen molar-refractivity contribution in [2.24, 2.45) is 11.0 Å². The average Bonchev–Trinajstić information content (AvgIpc) is 2.62. The lowest BCUT2D eigenvalue weighted by molar-refractivity contribution is 0.0954. The number of nitrogens with zero attached hydrogens (tertiary/aromatic N) is 1. The number of rotatable bonds is 3. The Bertz CT molecular complexity index is 742. The van der Waals surface area contributed by atoms with Crippen molar-refractivity contribution in [3.05, 3.63) is 84.0 Å². The van der Waals surface area contributed by atoms with Crippen molar-refractivity contribution in [2.45, 2.75) is 38.5 Å². The zero-order valence-corrected chi connectivity index (χ0v) is 15.1. The first kappa shape index (κ1) is 18.1. The van der Waals surface area contributed by atoms with Crippen molar-refractivity contribution in [3.63, 3.8) is 0 Å². The third kappa shape index (κ3) is 5.41. The predicted octanol–water partition coefficient (Wildman–Crippen LogP) is 5.35. The Morgan fingerprint density at radius 3 is 2.38 bits per heavy atom. The first-order valence-corrected chi connectivity index (χ1v) is 9.45. The molecule has 1 aromatic rings. The first-order valence-electron chi connectivity index (χ1n) is 9.45. The Kier molecular flexibility index (Phi) is 6.77. The minimum absolute atomic E-state index is 0.136. The Morgan fingerprint density at radius 1 is 0.923 bits per heavy atom. The van der Waals surface area contributed by atoms with Gasteiger partial charge in [0.1, 0.15) is 0 Å². The van der Waals surface area contributed by atoms with E-state index in [4.69, 9.17) is 0 Å². The molecule has 0 heterocycles. The third-order valence-corrected chi connectivity index (χ3v) is 4.88. The number of amides is 1. The van der Waals surface area contributed by atoms with Crippen LogP contribution in [-0.2, 0) is 0 Å². The molecule has 0 bridgehead atoms. The van der Waals surface area contributed by atoms with E-state index in [9.17, 15) is 4.79 Å². The van der Waals surface area contributed by atoms with E-state index in [0.717, 1.165) is 31.4 Å². The van der Waals surface area contributed by atoms with E-state index in [2.05, 4.69) is 47.0 Å². The number of nitrogens with one attached hydrogen (secondary N) is 1. The Labute approximate surface area is 155 Å². The molecule has 2 aliphatic rings. The molecule has 1 amide bonds. The SMILES string of the molecule is O=C(NN=C1CCCC(C2=C/C=C\C=C/C=C\2)CCC1)c1ccccc1. The second-order valence-electron chi connectivity index (χ2n) is 6.76. The molecule has 2 aliphatic carbocycles. The monoisotopic (exact) mass is 346 g/mol. The molecule has 3 rings (SSSR count). The highest BCUT2D eigenvalue weighted by molar-refractivity contribution is 5.95. The van der Waals surface area contributed by atoms with Gasteiger partial charge in [0.2, 0.25) is 0 Å². The van der Waals surface area contributed by atoms with Crippen LogP contribution in [0.15, 0.2) is 83.5 Å². The van der Waals surface area contributed by atoms with Crippen LogP contribution in [0, 0.1) is 5.92 Å². The smallest absolute Gasteiger partial charge is 0.267 e. The Hall–Kier alpha value is -2.68. The standard InChI is InChI=1S/C23H26N2O/c26-23(21-13-7-4-8-14-21)25-24-22-17-9-15-20(16-10-18-22)19-11-5-2-1-3-6-12-19/h1-8,11-14,20H,9-10,15-18H2,(H,25,26)/b2-1-,3-1?,5-2?,6-3-,11-5-,12-6?,19-11?,19-12+,24-22?. The summed E-state index contributed by atoms with van der Waals surface area (Å²) >= 11 is 0. The lowest BCUT2D eigenvalue weighted by atomic mass is 9.84. The van der Waals surface area contributed by atoms with Gasteiger partial charge in [0.05, 0.1) is 0 Å². The normalized spacial score (nSPS) is 26.1. The summed E-state index contributed by atoms with van der Waals surface area (Å²) in [6.07, 6.45) is 21.4. The fourth-order valence-corrected chi connectivity index (χ4v) is 3.46. The zero-order chi connectivity index (χ0) is 18.0. The number of benzene rings is 1. The number of hydrazone groups is 1. The summed E-state index contributed by atoms with van der Waals surface area (Å²) in [5.41, 5.74) is 5.89. The van der Waals surface area contributed by atoms with Crippen LogP contribution < -0.4 is 5.43 Å². The van der Waals surface area contributed by atoms with Crippen molar-refractivity contribution in [1.82, 2.24) is 5.43 Å². The maximum Gasteiger partial charge on any atom is 0.271 e. The van der Waals surface area contributed by atoms with Crippen molar-refractivity contribution in [2.75, 3.05) is 0 Å². The van der Waals surface area contributed by atoms with Crippen LogP contribution in [0.4, 0.5) is 0 Å². The minimum Gasteiger partial charge on any atom is -0.267 e. The third-order valence-electron chi connectivity index (χ3n) is 4.88. The molecule has 3 nitrogen and oxygen atoms in total. The van der Waals surface area contributed by atoms with E-state index in [0.29, 0.717) is 11.5 Å². The molecule has 3 heteroatoms. The maximum absolute atomic E-state index is 12.1. The van der Waals surface area contributed by atoms with Crippen LogP contribution in [0.1, 0.15) is 48.9 Å². The molecular weight excluding hydrogens is 320 g/mol. The van der Waals surface area contributed by atoms with E-state index < -0.39 is 0 Å². The van der Waals surface area contributed by atoms with E-state index in [1.54, 1.807) is 12.1 Å². The average molecular weight is 346 g/mol. The molecule has 1 N–H and O–H groups in total. The summed E-state index contributed by atoms with van der Waals surface area (Å²) in [5, 5.41) is 4.39. The summed E-state index contributed by atoms with van der Waals surface area (Å²) in [7, 11) is 0. The van der Waals surface area contributed by atoms with Gasteiger partial charge >= 0.3 is 0 Å². The van der Waals surface area contributed by atoms with E-state index in [1.807, 2.05) is 24.3 Å². The second kappa shape index (κ2) is 9.71. The molecule has 0 radical (unpaired) electrons. The number of hydrogen-bond acceptors (Lipinski definition) is 2. The Balaban J connectivity index is 1.54. The fourth-order valence-electron chi connectivity index (χ4n) is 3.46. The van der Waals surface area contributed by atoms with E-state index >= 15 is 0 Å². The molecule has 0 saturated heterocycles. The Morgan fingerprint density at radius 2 is 1.62 bits per heavy atom. The van der Waals surface area contributed by atoms with Gasteiger partial charge in [-0.3, -0.25) is 4.79 Å². The molecule has 0 atom stereocenters. The highest BCUT2D eigenvalue weighted by Gasteiger charge is 2.16. The second-order valence-corrected chi connectivity index (χ2v) is 6.76. The molecule has 134 valence electrons. The van der Waals surface area contributed by atoms with Gasteiger partial charge < -0.3 is 0 Å². The van der Waals surface area contributed by atoms with Gasteiger partial charge in [-0.1, -0.05) is 60.7 Å². The van der Waals surface area contributed by atoms with Gasteiger partial charge in [-0.05, 0) is 62.1 Å². The molecule has 1 saturated carbocycles. The zero-order valence-electron chi connectivity index (χ0n) is 15.1. The minimum atomic E-state index is -0.136. The molecule has 0 unspecified atom stereocenters. The van der Waals surface area contributed by atoms with E-state index in [1.165, 1.54) is 18.4 Å². The van der Waals surface area contributed by atoms with Gasteiger partial charge in [0.25, 0.3) is 5.91 Å². The highest BCUT2D eigenvalue weighted by Crippen LogP contribution is 2.28. The lowest BCUT2D eigenvalue weighted by Crippen LogP contribution is -2.20. The predicted molar refractivity (Wildman–Crippen MR) is 108 cm³/mol. The summed E-state index contributed by atoms with van der Waals surface area (Å²) < 4.78 is 0. The molecule has 26 heavy (non-hydrogen) atoms. The van der Waals surface area contributed by atoms with Crippen LogP contribution in [0.5, 0.6) is 0 Å². The maximum atomic E-state index is 12.1. The summed E-state index contributed by atoms with van der Waals surface area (Å²) in [6, 6.07) is 9.24. The van der Waals surface area contributed by atoms with Gasteiger partial charge in [-0.2, -0.15) is 5.10 Å². The van der Waals surface area contributed by atoms with Crippen LogP contribution in [-0.4, -0.2) is 11.6 Å². The van der Waals surface area contributed by atoms with Crippen molar-refractivity contribution >= 4 is 11.6 Å². The number of carbonyl (C=O) groups excluding carboxylic acids is 1. The van der Waals surface area contributed by atoms with Gasteiger partial charge in [-0.15, -0.1) is 0 Å². The summed E-state index contributed by atoms with van der Waals surface area (Å²) in [6.45, 7) is 0. The van der Waals surface area contributed by atoms with Crippen molar-refractivity contribution in [1.29, 1.82) is 0 Å². The molecule has 1 aromatic carbocycles. The van der Waals surface area contributed by atoms with Crippen molar-refractivity contribution < 1.29 is 4.79 Å². The molecular formula is C23H26N2O. The van der Waals surface area contributed by atoms with Gasteiger partial charge in [-0.25, -0.2) is 5.43 Å². The number of carbonyl (C=O) groups is 1. The van der Waals surface area contributed by atoms with Crippen molar-refractivity contribution in [3.8, 4) is 0 Å². The highest BCUT2D eigenvalue weighted by atomic mass is 16.2. The van der Waals surface area contributed by atoms with Gasteiger partial charge in [0, 0.05) is 11.3 Å². The molecule has 0 aromatic heterocycles. The first-order chi connectivity index (χ1) is 12.8.